The molecular formula is C18H19Br2N. The minimum atomic E-state index is 1.06. The topological polar surface area (TPSA) is 15.8 Å². The van der Waals surface area contributed by atoms with Gasteiger partial charge in [0.1, 0.15) is 0 Å². The second-order valence-corrected chi connectivity index (χ2v) is 6.97. The van der Waals surface area contributed by atoms with Crippen molar-refractivity contribution in [3.05, 3.63) is 47.5 Å². The Morgan fingerprint density at radius 1 is 0.810 bits per heavy atom. The Bertz CT molecular complexity index is 745. The molecule has 2 aromatic carbocycles. The maximum Gasteiger partial charge on any atom is 0.0500 e. The summed E-state index contributed by atoms with van der Waals surface area (Å²) in [4.78, 5) is 3.65. The Hall–Kier alpha value is -0.800. The summed E-state index contributed by atoms with van der Waals surface area (Å²) in [5.74, 6) is 0. The van der Waals surface area contributed by atoms with Crippen LogP contribution in [0.1, 0.15) is 24.0 Å². The van der Waals surface area contributed by atoms with Crippen molar-refractivity contribution in [1.82, 2.24) is 4.98 Å². The molecule has 0 unspecified atom stereocenters. The van der Waals surface area contributed by atoms with Gasteiger partial charge in [-0.3, -0.25) is 0 Å². The highest BCUT2D eigenvalue weighted by atomic mass is 79.9. The van der Waals surface area contributed by atoms with Gasteiger partial charge in [0.05, 0.1) is 0 Å². The van der Waals surface area contributed by atoms with Crippen LogP contribution in [0.4, 0.5) is 0 Å². The molecule has 0 spiro atoms. The third-order valence-electron chi connectivity index (χ3n) is 4.03. The lowest BCUT2D eigenvalue weighted by Gasteiger charge is -2.10. The Kier molecular flexibility index (Phi) is 5.02. The molecule has 0 aliphatic heterocycles. The summed E-state index contributed by atoms with van der Waals surface area (Å²) >= 11 is 7.11. The molecule has 0 amide bonds. The maximum atomic E-state index is 3.65. The van der Waals surface area contributed by atoms with Crippen LogP contribution >= 0.6 is 31.9 Å². The van der Waals surface area contributed by atoms with Gasteiger partial charge in [-0.1, -0.05) is 62.2 Å². The number of aromatic nitrogens is 1. The summed E-state index contributed by atoms with van der Waals surface area (Å²) in [6, 6.07) is 13.2. The second-order valence-electron chi connectivity index (χ2n) is 5.38. The van der Waals surface area contributed by atoms with E-state index in [-0.39, 0.29) is 0 Å². The fourth-order valence-electron chi connectivity index (χ4n) is 3.04. The van der Waals surface area contributed by atoms with E-state index in [0.717, 1.165) is 23.5 Å². The van der Waals surface area contributed by atoms with Crippen LogP contribution in [0.15, 0.2) is 36.4 Å². The fraction of sp³-hybridized carbons (Fsp3) is 0.333. The highest BCUT2D eigenvalue weighted by molar-refractivity contribution is 9.09. The molecule has 0 saturated heterocycles. The lowest BCUT2D eigenvalue weighted by molar-refractivity contribution is 0.881. The number of rotatable bonds is 6. The number of hydrogen-bond donors (Lipinski definition) is 1. The van der Waals surface area contributed by atoms with E-state index in [4.69, 9.17) is 0 Å². The van der Waals surface area contributed by atoms with E-state index in [1.807, 2.05) is 0 Å². The molecule has 0 aliphatic carbocycles. The van der Waals surface area contributed by atoms with E-state index >= 15 is 0 Å². The summed E-state index contributed by atoms with van der Waals surface area (Å²) < 4.78 is 0. The fourth-order valence-corrected chi connectivity index (χ4v) is 3.60. The third kappa shape index (κ3) is 3.04. The predicted molar refractivity (Wildman–Crippen MR) is 100 cm³/mol. The Morgan fingerprint density at radius 2 is 1.57 bits per heavy atom. The second kappa shape index (κ2) is 6.97. The van der Waals surface area contributed by atoms with E-state index < -0.39 is 0 Å². The van der Waals surface area contributed by atoms with Gasteiger partial charge in [0, 0.05) is 32.5 Å². The number of benzene rings is 2. The number of aromatic amines is 1. The van der Waals surface area contributed by atoms with Crippen molar-refractivity contribution in [2.75, 3.05) is 10.7 Å². The molecule has 1 N–H and O–H groups in total. The minimum Gasteiger partial charge on any atom is -0.354 e. The van der Waals surface area contributed by atoms with Crippen LogP contribution in [-0.2, 0) is 12.8 Å². The quantitative estimate of drug-likeness (QED) is 0.483. The minimum absolute atomic E-state index is 1.06. The predicted octanol–water partition coefficient (Wildman–Crippen LogP) is 5.98. The molecule has 3 heteroatoms. The molecule has 0 aliphatic rings. The zero-order valence-electron chi connectivity index (χ0n) is 12.0. The van der Waals surface area contributed by atoms with Crippen LogP contribution < -0.4 is 0 Å². The Morgan fingerprint density at radius 3 is 2.38 bits per heavy atom. The highest BCUT2D eigenvalue weighted by Crippen LogP contribution is 2.31. The lowest BCUT2D eigenvalue weighted by atomic mass is 9.96. The molecule has 1 nitrogen and oxygen atoms in total. The van der Waals surface area contributed by atoms with E-state index in [0.29, 0.717) is 0 Å². The largest absolute Gasteiger partial charge is 0.354 e. The van der Waals surface area contributed by atoms with Crippen molar-refractivity contribution in [3.63, 3.8) is 0 Å². The van der Waals surface area contributed by atoms with Crippen molar-refractivity contribution in [3.8, 4) is 0 Å². The van der Waals surface area contributed by atoms with Crippen LogP contribution in [-0.4, -0.2) is 15.6 Å². The molecule has 0 atom stereocenters. The molecule has 3 rings (SSSR count). The number of H-pyrrole nitrogens is 1. The standard InChI is InChI=1S/C18H19Br2N/c19-11-3-5-13-9-10-16-15-6-1-2-8-17(15)21-18(16)14(13)7-4-12-20/h1-2,6,8-10,21H,3-5,7,11-12H2. The van der Waals surface area contributed by atoms with Crippen molar-refractivity contribution >= 4 is 53.7 Å². The molecule has 0 radical (unpaired) electrons. The van der Waals surface area contributed by atoms with Crippen molar-refractivity contribution in [2.24, 2.45) is 0 Å². The van der Waals surface area contributed by atoms with Crippen LogP contribution in [0.5, 0.6) is 0 Å². The van der Waals surface area contributed by atoms with Crippen molar-refractivity contribution in [1.29, 1.82) is 0 Å². The summed E-state index contributed by atoms with van der Waals surface area (Å²) in [5, 5.41) is 4.81. The number of hydrogen-bond acceptors (Lipinski definition) is 0. The lowest BCUT2D eigenvalue weighted by Crippen LogP contribution is -1.97. The van der Waals surface area contributed by atoms with E-state index in [1.54, 1.807) is 0 Å². The summed E-state index contributed by atoms with van der Waals surface area (Å²) in [7, 11) is 0. The normalized spacial score (nSPS) is 11.5. The molecule has 21 heavy (non-hydrogen) atoms. The Balaban J connectivity index is 2.16. The molecule has 3 aromatic rings. The van der Waals surface area contributed by atoms with Crippen LogP contribution in [0.3, 0.4) is 0 Å². The zero-order chi connectivity index (χ0) is 14.7. The number of alkyl halides is 2. The van der Waals surface area contributed by atoms with Crippen molar-refractivity contribution < 1.29 is 0 Å². The van der Waals surface area contributed by atoms with Crippen LogP contribution in [0.2, 0.25) is 0 Å². The van der Waals surface area contributed by atoms with Gasteiger partial charge in [-0.05, 0) is 42.9 Å². The molecule has 110 valence electrons. The first kappa shape index (κ1) is 15.1. The number of halogens is 2. The molecular weight excluding hydrogens is 390 g/mol. The van der Waals surface area contributed by atoms with Gasteiger partial charge in [0.25, 0.3) is 0 Å². The molecule has 0 saturated carbocycles. The third-order valence-corrected chi connectivity index (χ3v) is 5.15. The first-order chi connectivity index (χ1) is 10.3. The summed E-state index contributed by atoms with van der Waals surface area (Å²) in [6.45, 7) is 0. The summed E-state index contributed by atoms with van der Waals surface area (Å²) in [5.41, 5.74) is 5.58. The highest BCUT2D eigenvalue weighted by Gasteiger charge is 2.11. The van der Waals surface area contributed by atoms with E-state index in [2.05, 4.69) is 73.2 Å². The molecule has 1 aromatic heterocycles. The zero-order valence-corrected chi connectivity index (χ0v) is 15.1. The molecule has 1 heterocycles. The number of nitrogens with one attached hydrogen (secondary N) is 1. The van der Waals surface area contributed by atoms with Gasteiger partial charge in [0.15, 0.2) is 0 Å². The van der Waals surface area contributed by atoms with E-state index in [9.17, 15) is 0 Å². The monoisotopic (exact) mass is 407 g/mol. The SMILES string of the molecule is BrCCCc1ccc2c([nH]c3ccccc32)c1CCCBr. The van der Waals surface area contributed by atoms with Crippen LogP contribution in [0, 0.1) is 0 Å². The van der Waals surface area contributed by atoms with Crippen LogP contribution in [0.25, 0.3) is 21.8 Å². The van der Waals surface area contributed by atoms with Crippen molar-refractivity contribution in [2.45, 2.75) is 25.7 Å². The number of para-hydroxylation sites is 1. The number of fused-ring (bicyclic) bond motifs is 3. The first-order valence-corrected chi connectivity index (χ1v) is 9.72. The van der Waals surface area contributed by atoms with Gasteiger partial charge in [0.2, 0.25) is 0 Å². The van der Waals surface area contributed by atoms with Gasteiger partial charge in [-0.15, -0.1) is 0 Å². The van der Waals surface area contributed by atoms with E-state index in [1.165, 1.54) is 45.8 Å². The molecule has 0 fully saturated rings. The van der Waals surface area contributed by atoms with Gasteiger partial charge >= 0.3 is 0 Å². The average Bonchev–Trinajstić information content (AvgIpc) is 2.90. The Labute approximate surface area is 142 Å². The average molecular weight is 409 g/mol. The smallest absolute Gasteiger partial charge is 0.0500 e. The maximum absolute atomic E-state index is 3.65. The van der Waals surface area contributed by atoms with Gasteiger partial charge in [-0.2, -0.15) is 0 Å². The number of aryl methyl sites for hydroxylation is 2. The van der Waals surface area contributed by atoms with Gasteiger partial charge in [-0.25, -0.2) is 0 Å². The van der Waals surface area contributed by atoms with Gasteiger partial charge < -0.3 is 4.98 Å². The summed E-state index contributed by atoms with van der Waals surface area (Å²) in [6.07, 6.45) is 4.64. The first-order valence-electron chi connectivity index (χ1n) is 7.48. The molecule has 0 bridgehead atoms.